The van der Waals surface area contributed by atoms with Gasteiger partial charge in [-0.25, -0.2) is 4.98 Å². The van der Waals surface area contributed by atoms with Gasteiger partial charge in [-0.3, -0.25) is 4.79 Å². The topological polar surface area (TPSA) is 60.9 Å². The number of aromatic nitrogens is 2. The number of carbonyl (C=O) groups is 1. The summed E-state index contributed by atoms with van der Waals surface area (Å²) in [5.41, 5.74) is 6.94. The van der Waals surface area contributed by atoms with E-state index in [2.05, 4.69) is 4.98 Å². The van der Waals surface area contributed by atoms with Crippen LogP contribution in [-0.4, -0.2) is 20.9 Å². The molecular formula is C16H23N3O. The number of ketones is 1. The normalized spacial score (nSPS) is 12.9. The standard InChI is InChI=1S/C16H23N3O/c1-15(2,16(3,4)17)13(20)10-14-18-11-8-6-7-9-12(11)19(14)5/h6-9H,10,17H2,1-5H3. The lowest BCUT2D eigenvalue weighted by molar-refractivity contribution is -0.129. The Morgan fingerprint density at radius 3 is 2.40 bits per heavy atom. The van der Waals surface area contributed by atoms with Crippen LogP contribution in [0.15, 0.2) is 24.3 Å². The summed E-state index contributed by atoms with van der Waals surface area (Å²) < 4.78 is 1.98. The van der Waals surface area contributed by atoms with Crippen molar-refractivity contribution >= 4 is 16.8 Å². The van der Waals surface area contributed by atoms with Crippen molar-refractivity contribution in [2.75, 3.05) is 0 Å². The third-order valence-electron chi connectivity index (χ3n) is 4.51. The number of carbonyl (C=O) groups excluding carboxylic acids is 1. The zero-order chi connectivity index (χ0) is 15.1. The van der Waals surface area contributed by atoms with E-state index >= 15 is 0 Å². The number of rotatable bonds is 4. The molecule has 2 N–H and O–H groups in total. The minimum atomic E-state index is -0.592. The SMILES string of the molecule is Cn1c(CC(=O)C(C)(C)C(C)(C)N)nc2ccccc21. The fourth-order valence-corrected chi connectivity index (χ4v) is 2.08. The molecule has 1 aromatic heterocycles. The predicted molar refractivity (Wildman–Crippen MR) is 81.5 cm³/mol. The van der Waals surface area contributed by atoms with Crippen LogP contribution in [0.1, 0.15) is 33.5 Å². The number of imidazole rings is 1. The molecule has 0 fully saturated rings. The number of hydrogen-bond acceptors (Lipinski definition) is 3. The summed E-state index contributed by atoms with van der Waals surface area (Å²) in [7, 11) is 1.94. The third-order valence-corrected chi connectivity index (χ3v) is 4.51. The zero-order valence-electron chi connectivity index (χ0n) is 12.9. The average Bonchev–Trinajstić information content (AvgIpc) is 2.65. The Morgan fingerprint density at radius 1 is 1.25 bits per heavy atom. The van der Waals surface area contributed by atoms with Crippen molar-refractivity contribution in [1.82, 2.24) is 9.55 Å². The van der Waals surface area contributed by atoms with Crippen LogP contribution in [0.2, 0.25) is 0 Å². The van der Waals surface area contributed by atoms with Crippen LogP contribution < -0.4 is 5.73 Å². The van der Waals surface area contributed by atoms with Gasteiger partial charge in [0.2, 0.25) is 0 Å². The molecule has 4 heteroatoms. The number of nitrogens with two attached hydrogens (primary N) is 1. The van der Waals surface area contributed by atoms with Crippen molar-refractivity contribution in [3.63, 3.8) is 0 Å². The predicted octanol–water partition coefficient (Wildman–Crippen LogP) is 2.45. The first-order valence-electron chi connectivity index (χ1n) is 6.87. The number of para-hydroxylation sites is 2. The fraction of sp³-hybridized carbons (Fsp3) is 0.500. The lowest BCUT2D eigenvalue weighted by Gasteiger charge is -2.37. The molecule has 0 bridgehead atoms. The second-order valence-electron chi connectivity index (χ2n) is 6.52. The molecule has 1 aromatic carbocycles. The van der Waals surface area contributed by atoms with Crippen LogP contribution in [0.3, 0.4) is 0 Å². The number of fused-ring (bicyclic) bond motifs is 1. The number of benzene rings is 1. The molecule has 0 atom stereocenters. The van der Waals surface area contributed by atoms with E-state index in [0.29, 0.717) is 6.42 Å². The molecule has 0 radical (unpaired) electrons. The quantitative estimate of drug-likeness (QED) is 0.930. The zero-order valence-corrected chi connectivity index (χ0v) is 12.9. The van der Waals surface area contributed by atoms with E-state index in [0.717, 1.165) is 16.9 Å². The molecule has 108 valence electrons. The number of aryl methyl sites for hydroxylation is 1. The molecule has 0 saturated heterocycles. The molecule has 2 rings (SSSR count). The molecular weight excluding hydrogens is 250 g/mol. The molecule has 0 unspecified atom stereocenters. The summed E-state index contributed by atoms with van der Waals surface area (Å²) in [6, 6.07) is 7.89. The summed E-state index contributed by atoms with van der Waals surface area (Å²) in [6.45, 7) is 7.58. The molecule has 0 spiro atoms. The number of Topliss-reactive ketones (excluding diaryl/α,β-unsaturated/α-hetero) is 1. The van der Waals surface area contributed by atoms with Gasteiger partial charge in [-0.05, 0) is 26.0 Å². The largest absolute Gasteiger partial charge is 0.331 e. The van der Waals surface area contributed by atoms with Crippen molar-refractivity contribution in [2.24, 2.45) is 18.2 Å². The summed E-state index contributed by atoms with van der Waals surface area (Å²) >= 11 is 0. The summed E-state index contributed by atoms with van der Waals surface area (Å²) in [5, 5.41) is 0. The first-order valence-corrected chi connectivity index (χ1v) is 6.87. The number of hydrogen-bond donors (Lipinski definition) is 1. The molecule has 1 heterocycles. The van der Waals surface area contributed by atoms with E-state index in [-0.39, 0.29) is 5.78 Å². The second kappa shape index (κ2) is 4.70. The average molecular weight is 273 g/mol. The van der Waals surface area contributed by atoms with Crippen LogP contribution in [0.4, 0.5) is 0 Å². The summed E-state index contributed by atoms with van der Waals surface area (Å²) in [5.74, 6) is 0.900. The Morgan fingerprint density at radius 2 is 1.85 bits per heavy atom. The highest BCUT2D eigenvalue weighted by molar-refractivity contribution is 5.88. The Kier molecular flexibility index (Phi) is 3.46. The van der Waals surface area contributed by atoms with E-state index < -0.39 is 11.0 Å². The van der Waals surface area contributed by atoms with E-state index in [9.17, 15) is 4.79 Å². The Balaban J connectivity index is 2.33. The highest BCUT2D eigenvalue weighted by atomic mass is 16.1. The Hall–Kier alpha value is -1.68. The van der Waals surface area contributed by atoms with Crippen LogP contribution in [0.25, 0.3) is 11.0 Å². The number of nitrogens with zero attached hydrogens (tertiary/aromatic N) is 2. The van der Waals surface area contributed by atoms with Crippen molar-refractivity contribution in [2.45, 2.75) is 39.7 Å². The molecule has 0 aliphatic heterocycles. The Labute approximate surface area is 120 Å². The minimum absolute atomic E-state index is 0.114. The molecule has 0 aliphatic rings. The van der Waals surface area contributed by atoms with Gasteiger partial charge in [0.1, 0.15) is 11.6 Å². The van der Waals surface area contributed by atoms with Crippen molar-refractivity contribution in [3.05, 3.63) is 30.1 Å². The maximum Gasteiger partial charge on any atom is 0.147 e. The van der Waals surface area contributed by atoms with Gasteiger partial charge in [0.25, 0.3) is 0 Å². The highest BCUT2D eigenvalue weighted by Crippen LogP contribution is 2.30. The van der Waals surface area contributed by atoms with Crippen LogP contribution in [0.5, 0.6) is 0 Å². The monoisotopic (exact) mass is 273 g/mol. The van der Waals surface area contributed by atoms with Gasteiger partial charge in [-0.15, -0.1) is 0 Å². The maximum atomic E-state index is 12.6. The highest BCUT2D eigenvalue weighted by Gasteiger charge is 2.40. The summed E-state index contributed by atoms with van der Waals surface area (Å²) in [6.07, 6.45) is 0.304. The fourth-order valence-electron chi connectivity index (χ4n) is 2.08. The first kappa shape index (κ1) is 14.7. The smallest absolute Gasteiger partial charge is 0.147 e. The van der Waals surface area contributed by atoms with Gasteiger partial charge in [0, 0.05) is 18.0 Å². The first-order chi connectivity index (χ1) is 9.14. The maximum absolute atomic E-state index is 12.6. The lowest BCUT2D eigenvalue weighted by Crippen LogP contribution is -2.52. The third kappa shape index (κ3) is 2.36. The molecule has 0 amide bonds. The van der Waals surface area contributed by atoms with Gasteiger partial charge in [0.15, 0.2) is 0 Å². The molecule has 20 heavy (non-hydrogen) atoms. The van der Waals surface area contributed by atoms with E-state index in [1.807, 2.05) is 63.6 Å². The molecule has 0 saturated carbocycles. The molecule has 2 aromatic rings. The second-order valence-corrected chi connectivity index (χ2v) is 6.52. The van der Waals surface area contributed by atoms with Gasteiger partial charge >= 0.3 is 0 Å². The van der Waals surface area contributed by atoms with E-state index in [1.54, 1.807) is 0 Å². The van der Waals surface area contributed by atoms with Crippen molar-refractivity contribution < 1.29 is 4.79 Å². The van der Waals surface area contributed by atoms with Crippen molar-refractivity contribution in [1.29, 1.82) is 0 Å². The van der Waals surface area contributed by atoms with Crippen molar-refractivity contribution in [3.8, 4) is 0 Å². The molecule has 4 nitrogen and oxygen atoms in total. The van der Waals surface area contributed by atoms with E-state index in [1.165, 1.54) is 0 Å². The van der Waals surface area contributed by atoms with Gasteiger partial charge < -0.3 is 10.3 Å². The summed E-state index contributed by atoms with van der Waals surface area (Å²) in [4.78, 5) is 17.1. The lowest BCUT2D eigenvalue weighted by atomic mass is 9.71. The van der Waals surface area contributed by atoms with E-state index in [4.69, 9.17) is 5.73 Å². The van der Waals surface area contributed by atoms with Gasteiger partial charge in [-0.1, -0.05) is 26.0 Å². The van der Waals surface area contributed by atoms with Crippen LogP contribution in [0, 0.1) is 5.41 Å². The van der Waals surface area contributed by atoms with Gasteiger partial charge in [-0.2, -0.15) is 0 Å². The Bertz CT molecular complexity index is 647. The van der Waals surface area contributed by atoms with Crippen LogP contribution in [-0.2, 0) is 18.3 Å². The minimum Gasteiger partial charge on any atom is -0.331 e. The van der Waals surface area contributed by atoms with Gasteiger partial charge in [0.05, 0.1) is 17.5 Å². The van der Waals surface area contributed by atoms with Crippen LogP contribution >= 0.6 is 0 Å². The molecule has 0 aliphatic carbocycles.